The lowest BCUT2D eigenvalue weighted by molar-refractivity contribution is -0.130. The zero-order chi connectivity index (χ0) is 15.0. The molecular formula is C14H21ClN4OS. The number of nitrogens with one attached hydrogen (secondary N) is 2. The predicted octanol–water partition coefficient (Wildman–Crippen LogP) is 0.915. The van der Waals surface area contributed by atoms with E-state index in [2.05, 4.69) is 27.6 Å². The third-order valence-electron chi connectivity index (χ3n) is 4.56. The van der Waals surface area contributed by atoms with Crippen molar-refractivity contribution >= 4 is 28.8 Å². The summed E-state index contributed by atoms with van der Waals surface area (Å²) in [6.45, 7) is 6.11. The van der Waals surface area contributed by atoms with Gasteiger partial charge in [-0.3, -0.25) is 4.79 Å². The van der Waals surface area contributed by atoms with Gasteiger partial charge in [-0.15, -0.1) is 11.3 Å². The fourth-order valence-electron chi connectivity index (χ4n) is 3.49. The number of carbonyl (C=O) groups excluding carboxylic acids is 1. The Morgan fingerprint density at radius 2 is 2.48 bits per heavy atom. The lowest BCUT2D eigenvalue weighted by Crippen LogP contribution is -2.47. The molecule has 0 saturated carbocycles. The molecule has 116 valence electrons. The number of hydrogen-bond acceptors (Lipinski definition) is 5. The number of hydrogen-bond donors (Lipinski definition) is 2. The van der Waals surface area contributed by atoms with Crippen LogP contribution in [0.1, 0.15) is 10.7 Å². The number of nitrogens with zero attached hydrogens (tertiary/aromatic N) is 2. The van der Waals surface area contributed by atoms with Crippen LogP contribution in [0.3, 0.4) is 0 Å². The molecule has 1 aromatic rings. The lowest BCUT2D eigenvalue weighted by Gasteiger charge is -2.26. The average Bonchev–Trinajstić information content (AvgIpc) is 3.03. The Kier molecular flexibility index (Phi) is 4.23. The number of fused-ring (bicyclic) bond motifs is 1. The highest BCUT2D eigenvalue weighted by molar-refractivity contribution is 7.16. The number of halogens is 1. The first-order chi connectivity index (χ1) is 10.0. The quantitative estimate of drug-likeness (QED) is 0.863. The van der Waals surface area contributed by atoms with E-state index in [0.29, 0.717) is 12.5 Å². The van der Waals surface area contributed by atoms with Crippen LogP contribution in [0, 0.1) is 18.3 Å². The van der Waals surface area contributed by atoms with Crippen molar-refractivity contribution in [1.29, 1.82) is 0 Å². The molecule has 2 unspecified atom stereocenters. The molecule has 2 N–H and O–H groups in total. The molecule has 0 spiro atoms. The molecule has 7 heteroatoms. The van der Waals surface area contributed by atoms with Crippen LogP contribution in [0.25, 0.3) is 0 Å². The molecule has 1 aromatic heterocycles. The molecule has 21 heavy (non-hydrogen) atoms. The van der Waals surface area contributed by atoms with Crippen LogP contribution in [-0.4, -0.2) is 55.6 Å². The molecule has 3 heterocycles. The number of amides is 1. The van der Waals surface area contributed by atoms with Crippen molar-refractivity contribution in [3.05, 3.63) is 15.0 Å². The Hall–Kier alpha value is -0.690. The summed E-state index contributed by atoms with van der Waals surface area (Å²) in [6.07, 6.45) is 0.744. The maximum atomic E-state index is 12.6. The van der Waals surface area contributed by atoms with Crippen LogP contribution >= 0.6 is 22.9 Å². The topological polar surface area (TPSA) is 57.3 Å². The first-order valence-electron chi connectivity index (χ1n) is 7.30. The van der Waals surface area contributed by atoms with Crippen molar-refractivity contribution in [2.24, 2.45) is 11.3 Å². The SMILES string of the molecule is Cc1nc(CCNC(=O)C23CNCC2CN(C)C3)sc1Cl. The van der Waals surface area contributed by atoms with Crippen molar-refractivity contribution in [2.45, 2.75) is 13.3 Å². The van der Waals surface area contributed by atoms with E-state index in [1.165, 1.54) is 11.3 Å². The molecule has 2 saturated heterocycles. The summed E-state index contributed by atoms with van der Waals surface area (Å²) in [6, 6.07) is 0. The zero-order valence-corrected chi connectivity index (χ0v) is 14.0. The van der Waals surface area contributed by atoms with E-state index in [-0.39, 0.29) is 11.3 Å². The molecule has 5 nitrogen and oxygen atoms in total. The van der Waals surface area contributed by atoms with Gasteiger partial charge < -0.3 is 15.5 Å². The van der Waals surface area contributed by atoms with Crippen molar-refractivity contribution in [2.75, 3.05) is 39.8 Å². The minimum absolute atomic E-state index is 0.182. The van der Waals surface area contributed by atoms with Gasteiger partial charge in [0, 0.05) is 45.1 Å². The Morgan fingerprint density at radius 1 is 1.67 bits per heavy atom. The molecule has 0 bridgehead atoms. The van der Waals surface area contributed by atoms with Gasteiger partial charge in [0.1, 0.15) is 4.34 Å². The number of carbonyl (C=O) groups is 1. The standard InChI is InChI=1S/C14H21ClN4OS/c1-9-12(15)21-11(18-9)3-4-17-13(20)14-7-16-5-10(14)6-19(2)8-14/h10,16H,3-8H2,1-2H3,(H,17,20). The molecule has 0 aliphatic carbocycles. The Labute approximate surface area is 134 Å². The van der Waals surface area contributed by atoms with E-state index in [0.717, 1.165) is 47.6 Å². The van der Waals surface area contributed by atoms with E-state index >= 15 is 0 Å². The van der Waals surface area contributed by atoms with Gasteiger partial charge in [-0.25, -0.2) is 4.98 Å². The van der Waals surface area contributed by atoms with Gasteiger partial charge in [-0.2, -0.15) is 0 Å². The summed E-state index contributed by atoms with van der Waals surface area (Å²) in [5, 5.41) is 7.46. The summed E-state index contributed by atoms with van der Waals surface area (Å²) in [4.78, 5) is 19.3. The second kappa shape index (κ2) is 5.83. The van der Waals surface area contributed by atoms with Crippen LogP contribution in [0.5, 0.6) is 0 Å². The summed E-state index contributed by atoms with van der Waals surface area (Å²) in [5.41, 5.74) is 0.629. The highest BCUT2D eigenvalue weighted by Crippen LogP contribution is 2.38. The molecule has 0 radical (unpaired) electrons. The summed E-state index contributed by atoms with van der Waals surface area (Å²) in [5.74, 6) is 0.611. The zero-order valence-electron chi connectivity index (χ0n) is 12.4. The molecular weight excluding hydrogens is 308 g/mol. The number of aryl methyl sites for hydroxylation is 1. The molecule has 3 rings (SSSR count). The third kappa shape index (κ3) is 2.82. The number of likely N-dealkylation sites (tertiary alicyclic amines) is 1. The number of rotatable bonds is 4. The maximum absolute atomic E-state index is 12.6. The minimum Gasteiger partial charge on any atom is -0.355 e. The highest BCUT2D eigenvalue weighted by Gasteiger charge is 2.53. The molecule has 2 aliphatic heterocycles. The van der Waals surface area contributed by atoms with Gasteiger partial charge in [-0.1, -0.05) is 11.6 Å². The number of aromatic nitrogens is 1. The van der Waals surface area contributed by atoms with Crippen LogP contribution in [0.15, 0.2) is 0 Å². The van der Waals surface area contributed by atoms with E-state index in [1.54, 1.807) is 0 Å². The Morgan fingerprint density at radius 3 is 3.19 bits per heavy atom. The summed E-state index contributed by atoms with van der Waals surface area (Å²) < 4.78 is 0.743. The average molecular weight is 329 g/mol. The van der Waals surface area contributed by atoms with Crippen LogP contribution in [0.2, 0.25) is 4.34 Å². The van der Waals surface area contributed by atoms with Gasteiger partial charge >= 0.3 is 0 Å². The lowest BCUT2D eigenvalue weighted by atomic mass is 9.80. The monoisotopic (exact) mass is 328 g/mol. The Balaban J connectivity index is 1.57. The normalized spacial score (nSPS) is 28.8. The van der Waals surface area contributed by atoms with Crippen LogP contribution in [0.4, 0.5) is 0 Å². The third-order valence-corrected chi connectivity index (χ3v) is 6.07. The molecule has 1 amide bonds. The van der Waals surface area contributed by atoms with Crippen LogP contribution < -0.4 is 10.6 Å². The van der Waals surface area contributed by atoms with E-state index in [1.807, 2.05) is 6.92 Å². The van der Waals surface area contributed by atoms with E-state index in [4.69, 9.17) is 11.6 Å². The van der Waals surface area contributed by atoms with E-state index in [9.17, 15) is 4.79 Å². The van der Waals surface area contributed by atoms with Crippen molar-refractivity contribution in [1.82, 2.24) is 20.5 Å². The predicted molar refractivity (Wildman–Crippen MR) is 84.9 cm³/mol. The first-order valence-corrected chi connectivity index (χ1v) is 8.50. The van der Waals surface area contributed by atoms with Crippen molar-refractivity contribution < 1.29 is 4.79 Å². The smallest absolute Gasteiger partial charge is 0.229 e. The van der Waals surface area contributed by atoms with Gasteiger partial charge in [0.15, 0.2) is 0 Å². The van der Waals surface area contributed by atoms with Crippen LogP contribution in [-0.2, 0) is 11.2 Å². The van der Waals surface area contributed by atoms with Gasteiger partial charge in [0.2, 0.25) is 5.91 Å². The minimum atomic E-state index is -0.245. The Bertz CT molecular complexity index is 530. The highest BCUT2D eigenvalue weighted by atomic mass is 35.5. The first kappa shape index (κ1) is 15.2. The maximum Gasteiger partial charge on any atom is 0.229 e. The van der Waals surface area contributed by atoms with Crippen molar-refractivity contribution in [3.8, 4) is 0 Å². The molecule has 2 fully saturated rings. The van der Waals surface area contributed by atoms with Gasteiger partial charge in [0.25, 0.3) is 0 Å². The number of thiazole rings is 1. The molecule has 2 atom stereocenters. The summed E-state index contributed by atoms with van der Waals surface area (Å²) >= 11 is 7.52. The summed E-state index contributed by atoms with van der Waals surface area (Å²) in [7, 11) is 2.09. The molecule has 0 aromatic carbocycles. The van der Waals surface area contributed by atoms with Gasteiger partial charge in [0.05, 0.1) is 16.1 Å². The largest absolute Gasteiger partial charge is 0.355 e. The second-order valence-electron chi connectivity index (χ2n) is 6.15. The second-order valence-corrected chi connectivity index (χ2v) is 7.84. The van der Waals surface area contributed by atoms with Crippen molar-refractivity contribution in [3.63, 3.8) is 0 Å². The molecule has 2 aliphatic rings. The fraction of sp³-hybridized carbons (Fsp3) is 0.714. The van der Waals surface area contributed by atoms with E-state index < -0.39 is 0 Å². The fourth-order valence-corrected chi connectivity index (χ4v) is 4.59. The van der Waals surface area contributed by atoms with Gasteiger partial charge in [-0.05, 0) is 14.0 Å².